The molecule has 2 aromatic rings. The number of rotatable bonds is 5. The molecule has 0 aliphatic heterocycles. The third-order valence-electron chi connectivity index (χ3n) is 2.92. The van der Waals surface area contributed by atoms with Crippen LogP contribution in [0.1, 0.15) is 27.0 Å². The lowest BCUT2D eigenvalue weighted by atomic mass is 10.1. The molecule has 0 saturated heterocycles. The summed E-state index contributed by atoms with van der Waals surface area (Å²) in [5.41, 5.74) is 6.50. The van der Waals surface area contributed by atoms with E-state index in [0.717, 1.165) is 11.3 Å². The average molecular weight is 291 g/mol. The third kappa shape index (κ3) is 3.11. The summed E-state index contributed by atoms with van der Waals surface area (Å²) in [5.74, 6) is 0.0386. The van der Waals surface area contributed by atoms with Gasteiger partial charge in [0, 0.05) is 9.75 Å². The van der Waals surface area contributed by atoms with Crippen LogP contribution in [0, 0.1) is 0 Å². The first-order valence-corrected chi connectivity index (χ1v) is 7.14. The van der Waals surface area contributed by atoms with Crippen LogP contribution in [0.15, 0.2) is 30.3 Å². The minimum absolute atomic E-state index is 0.264. The van der Waals surface area contributed by atoms with Crippen LogP contribution in [0.3, 0.4) is 0 Å². The van der Waals surface area contributed by atoms with E-state index in [0.29, 0.717) is 17.0 Å². The second-order valence-corrected chi connectivity index (χ2v) is 5.47. The Balaban J connectivity index is 2.05. The van der Waals surface area contributed by atoms with E-state index in [2.05, 4.69) is 6.92 Å². The lowest BCUT2D eigenvalue weighted by molar-refractivity contribution is 0.0478. The predicted octanol–water partition coefficient (Wildman–Crippen LogP) is 3.26. The Bertz CT molecular complexity index is 607. The number of nitrogen functional groups attached to an aromatic ring is 1. The number of ether oxygens (including phenoxy) is 2. The molecule has 2 rings (SSSR count). The molecular formula is C15H17NO3S. The molecule has 4 nitrogen and oxygen atoms in total. The summed E-state index contributed by atoms with van der Waals surface area (Å²) in [5, 5.41) is 0. The molecule has 0 atom stereocenters. The molecule has 0 radical (unpaired) electrons. The number of anilines is 1. The van der Waals surface area contributed by atoms with Gasteiger partial charge in [-0.15, -0.1) is 11.3 Å². The highest BCUT2D eigenvalue weighted by molar-refractivity contribution is 7.11. The molecule has 0 aliphatic carbocycles. The van der Waals surface area contributed by atoms with Crippen molar-refractivity contribution in [3.63, 3.8) is 0 Å². The molecule has 2 N–H and O–H groups in total. The van der Waals surface area contributed by atoms with E-state index < -0.39 is 5.97 Å². The van der Waals surface area contributed by atoms with Crippen LogP contribution < -0.4 is 10.5 Å². The SMILES string of the molecule is CCc1ccc(COC(=O)c2cccc(OC)c2N)s1. The van der Waals surface area contributed by atoms with Crippen molar-refractivity contribution in [2.24, 2.45) is 0 Å². The summed E-state index contributed by atoms with van der Waals surface area (Å²) in [4.78, 5) is 14.3. The maximum Gasteiger partial charge on any atom is 0.340 e. The molecule has 5 heteroatoms. The lowest BCUT2D eigenvalue weighted by Crippen LogP contribution is -2.08. The van der Waals surface area contributed by atoms with E-state index in [1.807, 2.05) is 12.1 Å². The highest BCUT2D eigenvalue weighted by atomic mass is 32.1. The summed E-state index contributed by atoms with van der Waals surface area (Å²) in [7, 11) is 1.51. The summed E-state index contributed by atoms with van der Waals surface area (Å²) in [6.45, 7) is 2.36. The molecule has 0 unspecified atom stereocenters. The van der Waals surface area contributed by atoms with E-state index in [9.17, 15) is 4.79 Å². The van der Waals surface area contributed by atoms with Crippen molar-refractivity contribution in [1.29, 1.82) is 0 Å². The number of hydrogen-bond acceptors (Lipinski definition) is 5. The summed E-state index contributed by atoms with van der Waals surface area (Å²) >= 11 is 1.65. The molecular weight excluding hydrogens is 274 g/mol. The molecule has 0 amide bonds. The Kier molecular flexibility index (Phi) is 4.63. The van der Waals surface area contributed by atoms with Crippen LogP contribution >= 0.6 is 11.3 Å². The number of carbonyl (C=O) groups is 1. The topological polar surface area (TPSA) is 61.5 Å². The molecule has 1 aromatic heterocycles. The molecule has 1 heterocycles. The van der Waals surface area contributed by atoms with Gasteiger partial charge in [0.05, 0.1) is 18.4 Å². The molecule has 1 aromatic carbocycles. The fraction of sp³-hybridized carbons (Fsp3) is 0.267. The van der Waals surface area contributed by atoms with Gasteiger partial charge in [0.2, 0.25) is 0 Å². The Morgan fingerprint density at radius 3 is 2.65 bits per heavy atom. The predicted molar refractivity (Wildman–Crippen MR) is 80.2 cm³/mol. The van der Waals surface area contributed by atoms with Crippen molar-refractivity contribution in [2.45, 2.75) is 20.0 Å². The molecule has 0 spiro atoms. The van der Waals surface area contributed by atoms with Gasteiger partial charge in [-0.05, 0) is 30.7 Å². The average Bonchev–Trinajstić information content (AvgIpc) is 2.93. The van der Waals surface area contributed by atoms with Gasteiger partial charge in [-0.25, -0.2) is 4.79 Å². The maximum atomic E-state index is 12.0. The van der Waals surface area contributed by atoms with Crippen molar-refractivity contribution in [3.8, 4) is 5.75 Å². The number of aryl methyl sites for hydroxylation is 1. The second kappa shape index (κ2) is 6.43. The monoisotopic (exact) mass is 291 g/mol. The first-order chi connectivity index (χ1) is 9.65. The number of thiophene rings is 1. The highest BCUT2D eigenvalue weighted by Crippen LogP contribution is 2.26. The molecule has 106 valence electrons. The Hall–Kier alpha value is -2.01. The van der Waals surface area contributed by atoms with E-state index >= 15 is 0 Å². The van der Waals surface area contributed by atoms with E-state index in [1.165, 1.54) is 12.0 Å². The van der Waals surface area contributed by atoms with Crippen molar-refractivity contribution in [3.05, 3.63) is 45.6 Å². The summed E-state index contributed by atoms with van der Waals surface area (Å²) in [6, 6.07) is 9.08. The van der Waals surface area contributed by atoms with E-state index in [1.54, 1.807) is 29.5 Å². The first kappa shape index (κ1) is 14.4. The number of benzene rings is 1. The molecule has 0 bridgehead atoms. The number of methoxy groups -OCH3 is 1. The zero-order valence-electron chi connectivity index (χ0n) is 11.5. The summed E-state index contributed by atoms with van der Waals surface area (Å²) < 4.78 is 10.4. The Morgan fingerprint density at radius 1 is 1.25 bits per heavy atom. The van der Waals surface area contributed by atoms with Crippen molar-refractivity contribution < 1.29 is 14.3 Å². The van der Waals surface area contributed by atoms with Crippen molar-refractivity contribution in [1.82, 2.24) is 0 Å². The minimum Gasteiger partial charge on any atom is -0.495 e. The standard InChI is InChI=1S/C15H17NO3S/c1-3-10-7-8-11(20-10)9-19-15(17)12-5-4-6-13(18-2)14(12)16/h4-8H,3,9,16H2,1-2H3. The summed E-state index contributed by atoms with van der Waals surface area (Å²) in [6.07, 6.45) is 0.988. The highest BCUT2D eigenvalue weighted by Gasteiger charge is 2.14. The maximum absolute atomic E-state index is 12.0. The number of esters is 1. The quantitative estimate of drug-likeness (QED) is 0.678. The number of para-hydroxylation sites is 1. The Labute approximate surface area is 122 Å². The van der Waals surface area contributed by atoms with Gasteiger partial charge in [0.15, 0.2) is 0 Å². The van der Waals surface area contributed by atoms with E-state index in [-0.39, 0.29) is 6.61 Å². The van der Waals surface area contributed by atoms with Crippen LogP contribution in [0.4, 0.5) is 5.69 Å². The van der Waals surface area contributed by atoms with Crippen LogP contribution in [-0.4, -0.2) is 13.1 Å². The van der Waals surface area contributed by atoms with E-state index in [4.69, 9.17) is 15.2 Å². The number of hydrogen-bond donors (Lipinski definition) is 1. The fourth-order valence-corrected chi connectivity index (χ4v) is 2.68. The third-order valence-corrected chi connectivity index (χ3v) is 4.12. The largest absolute Gasteiger partial charge is 0.495 e. The van der Waals surface area contributed by atoms with Gasteiger partial charge >= 0.3 is 5.97 Å². The second-order valence-electron chi connectivity index (χ2n) is 4.22. The van der Waals surface area contributed by atoms with Gasteiger partial charge in [0.1, 0.15) is 12.4 Å². The van der Waals surface area contributed by atoms with Crippen LogP contribution in [0.2, 0.25) is 0 Å². The smallest absolute Gasteiger partial charge is 0.340 e. The fourth-order valence-electron chi connectivity index (χ4n) is 1.80. The molecule has 0 aliphatic rings. The van der Waals surface area contributed by atoms with Gasteiger partial charge in [-0.2, -0.15) is 0 Å². The van der Waals surface area contributed by atoms with Gasteiger partial charge in [-0.1, -0.05) is 13.0 Å². The first-order valence-electron chi connectivity index (χ1n) is 6.33. The molecule has 20 heavy (non-hydrogen) atoms. The molecule has 0 saturated carbocycles. The molecule has 0 fully saturated rings. The van der Waals surface area contributed by atoms with Gasteiger partial charge in [-0.3, -0.25) is 0 Å². The van der Waals surface area contributed by atoms with Crippen molar-refractivity contribution in [2.75, 3.05) is 12.8 Å². The van der Waals surface area contributed by atoms with Gasteiger partial charge < -0.3 is 15.2 Å². The van der Waals surface area contributed by atoms with Crippen LogP contribution in [-0.2, 0) is 17.8 Å². The number of carbonyl (C=O) groups excluding carboxylic acids is 1. The normalized spacial score (nSPS) is 10.3. The Morgan fingerprint density at radius 2 is 2.00 bits per heavy atom. The minimum atomic E-state index is -0.437. The zero-order valence-corrected chi connectivity index (χ0v) is 12.3. The van der Waals surface area contributed by atoms with Crippen LogP contribution in [0.5, 0.6) is 5.75 Å². The van der Waals surface area contributed by atoms with Gasteiger partial charge in [0.25, 0.3) is 0 Å². The van der Waals surface area contributed by atoms with Crippen molar-refractivity contribution >= 4 is 23.0 Å². The lowest BCUT2D eigenvalue weighted by Gasteiger charge is -2.09. The number of nitrogens with two attached hydrogens (primary N) is 1. The zero-order chi connectivity index (χ0) is 14.5. The van der Waals surface area contributed by atoms with Crippen LogP contribution in [0.25, 0.3) is 0 Å².